The summed E-state index contributed by atoms with van der Waals surface area (Å²) in [5.74, 6) is 0.586. The van der Waals surface area contributed by atoms with Crippen LogP contribution >= 0.6 is 35.0 Å². The molecule has 1 atom stereocenters. The van der Waals surface area contributed by atoms with Crippen LogP contribution in [0, 0.1) is 0 Å². The van der Waals surface area contributed by atoms with E-state index in [0.717, 1.165) is 11.6 Å². The van der Waals surface area contributed by atoms with E-state index in [1.54, 1.807) is 4.68 Å². The summed E-state index contributed by atoms with van der Waals surface area (Å²) in [6.45, 7) is 1.49. The van der Waals surface area contributed by atoms with Crippen LogP contribution < -0.4 is 20.7 Å². The second-order valence-electron chi connectivity index (χ2n) is 9.11. The van der Waals surface area contributed by atoms with Crippen molar-refractivity contribution in [1.82, 2.24) is 25.1 Å². The third-order valence-corrected chi connectivity index (χ3v) is 8.66. The van der Waals surface area contributed by atoms with Crippen molar-refractivity contribution >= 4 is 52.4 Å². The Hall–Kier alpha value is -2.90. The first-order chi connectivity index (χ1) is 18.5. The number of thioether (sulfide) groups is 1. The molecule has 2 aliphatic heterocycles. The predicted octanol–water partition coefficient (Wildman–Crippen LogP) is 4.89. The number of ether oxygens (including phenoxy) is 1. The molecule has 2 aliphatic rings. The van der Waals surface area contributed by atoms with E-state index in [-0.39, 0.29) is 40.3 Å². The van der Waals surface area contributed by atoms with E-state index in [9.17, 15) is 18.0 Å². The van der Waals surface area contributed by atoms with E-state index in [4.69, 9.17) is 33.7 Å². The fraction of sp³-hybridized carbons (Fsp3) is 0.417. The molecule has 0 radical (unpaired) electrons. The van der Waals surface area contributed by atoms with E-state index in [2.05, 4.69) is 20.4 Å². The lowest BCUT2D eigenvalue weighted by Gasteiger charge is -2.31. The lowest BCUT2D eigenvalue weighted by molar-refractivity contribution is -0.138. The van der Waals surface area contributed by atoms with Gasteiger partial charge in [0.15, 0.2) is 5.69 Å². The zero-order valence-corrected chi connectivity index (χ0v) is 23.2. The van der Waals surface area contributed by atoms with Gasteiger partial charge in [-0.25, -0.2) is 0 Å². The largest absolute Gasteiger partial charge is 0.467 e. The van der Waals surface area contributed by atoms with Gasteiger partial charge in [0.1, 0.15) is 5.82 Å². The predicted molar refractivity (Wildman–Crippen MR) is 143 cm³/mol. The summed E-state index contributed by atoms with van der Waals surface area (Å²) < 4.78 is 49.0. The van der Waals surface area contributed by atoms with Gasteiger partial charge in [-0.1, -0.05) is 23.2 Å². The van der Waals surface area contributed by atoms with Crippen LogP contribution in [0.25, 0.3) is 0 Å². The highest BCUT2D eigenvalue weighted by atomic mass is 35.5. The number of carbonyl (C=O) groups excluding carboxylic acids is 1. The number of anilines is 2. The Balaban J connectivity index is 1.53. The van der Waals surface area contributed by atoms with Crippen LogP contribution in [0.2, 0.25) is 10.0 Å². The molecule has 5 rings (SSSR count). The Kier molecular flexibility index (Phi) is 7.51. The minimum absolute atomic E-state index is 0.0227. The van der Waals surface area contributed by atoms with Gasteiger partial charge in [-0.05, 0) is 24.1 Å². The number of nitrogens with one attached hydrogen (secondary N) is 1. The smallest absolute Gasteiger partial charge is 0.418 e. The summed E-state index contributed by atoms with van der Waals surface area (Å²) in [5.41, 5.74) is 7.38. The molecular weight excluding hydrogens is 578 g/mol. The Labute approximate surface area is 236 Å². The number of nitrogens with zero attached hydrogens (tertiary/aromatic N) is 5. The fourth-order valence-corrected chi connectivity index (χ4v) is 6.84. The van der Waals surface area contributed by atoms with Crippen LogP contribution in [-0.4, -0.2) is 46.4 Å². The van der Waals surface area contributed by atoms with Gasteiger partial charge in [0.05, 0.1) is 40.7 Å². The third kappa shape index (κ3) is 5.19. The van der Waals surface area contributed by atoms with Gasteiger partial charge in [-0.15, -0.1) is 11.8 Å². The zero-order chi connectivity index (χ0) is 28.1. The van der Waals surface area contributed by atoms with E-state index in [1.165, 1.54) is 32.0 Å². The molecule has 1 unspecified atom stereocenters. The topological polar surface area (TPSA) is 111 Å². The standard InChI is InChI=1S/C24H24Cl2F3N7O2S/c1-31-22(37)20-19(26)16-9-35(4-3-5-36(16)34-20)21-13-10-39-17(8-15(13)32-23(33-21)38-2)12-6-11(30)7-14(25)18(12)24(27,28)29/h6-7,17H,3-5,8-10,30H2,1-2H3,(H,31,37). The quantitative estimate of drug-likeness (QED) is 0.407. The van der Waals surface area contributed by atoms with Gasteiger partial charge in [0, 0.05) is 48.8 Å². The molecule has 0 spiro atoms. The summed E-state index contributed by atoms with van der Waals surface area (Å²) in [5, 5.41) is 6.18. The molecular formula is C24H24Cl2F3N7O2S. The maximum absolute atomic E-state index is 14.0. The molecule has 0 saturated heterocycles. The first-order valence-corrected chi connectivity index (χ1v) is 13.8. The molecule has 15 heteroatoms. The molecule has 1 amide bonds. The number of aryl methyl sites for hydroxylation is 1. The van der Waals surface area contributed by atoms with Crippen molar-refractivity contribution in [2.24, 2.45) is 0 Å². The normalized spacial score (nSPS) is 17.3. The van der Waals surface area contributed by atoms with Crippen molar-refractivity contribution in [2.75, 3.05) is 31.3 Å². The van der Waals surface area contributed by atoms with Gasteiger partial charge >= 0.3 is 12.2 Å². The van der Waals surface area contributed by atoms with Crippen molar-refractivity contribution in [3.63, 3.8) is 0 Å². The number of halogens is 5. The summed E-state index contributed by atoms with van der Waals surface area (Å²) in [7, 11) is 2.94. The number of methoxy groups -OCH3 is 1. The highest BCUT2D eigenvalue weighted by molar-refractivity contribution is 7.98. The molecule has 208 valence electrons. The third-order valence-electron chi connectivity index (χ3n) is 6.69. The maximum atomic E-state index is 14.0. The minimum Gasteiger partial charge on any atom is -0.467 e. The number of benzene rings is 1. The highest BCUT2D eigenvalue weighted by Crippen LogP contribution is 2.49. The van der Waals surface area contributed by atoms with Crippen LogP contribution in [0.15, 0.2) is 12.1 Å². The lowest BCUT2D eigenvalue weighted by atomic mass is 9.98. The summed E-state index contributed by atoms with van der Waals surface area (Å²) in [4.78, 5) is 23.4. The number of alkyl halides is 3. The van der Waals surface area contributed by atoms with Crippen molar-refractivity contribution in [3.8, 4) is 6.01 Å². The number of carbonyl (C=O) groups is 1. The average molecular weight is 602 g/mol. The Morgan fingerprint density at radius 3 is 2.72 bits per heavy atom. The summed E-state index contributed by atoms with van der Waals surface area (Å²) in [6.07, 6.45) is -3.74. The molecule has 0 bridgehead atoms. The van der Waals surface area contributed by atoms with Crippen molar-refractivity contribution in [3.05, 3.63) is 56.0 Å². The number of aromatic nitrogens is 4. The van der Waals surface area contributed by atoms with Gasteiger partial charge in [-0.2, -0.15) is 28.2 Å². The van der Waals surface area contributed by atoms with Crippen LogP contribution in [0.3, 0.4) is 0 Å². The van der Waals surface area contributed by atoms with E-state index >= 15 is 0 Å². The Morgan fingerprint density at radius 1 is 1.26 bits per heavy atom. The van der Waals surface area contributed by atoms with Crippen molar-refractivity contribution < 1.29 is 22.7 Å². The number of hydrogen-bond acceptors (Lipinski definition) is 8. The minimum atomic E-state index is -4.64. The molecule has 3 aromatic rings. The lowest BCUT2D eigenvalue weighted by Crippen LogP contribution is -2.27. The number of fused-ring (bicyclic) bond motifs is 2. The van der Waals surface area contributed by atoms with E-state index < -0.39 is 22.0 Å². The summed E-state index contributed by atoms with van der Waals surface area (Å²) in [6, 6.07) is 2.55. The number of rotatable bonds is 4. The number of nitrogens with two attached hydrogens (primary N) is 1. The van der Waals surface area contributed by atoms with Gasteiger partial charge in [0.2, 0.25) is 0 Å². The second-order valence-corrected chi connectivity index (χ2v) is 11.1. The second kappa shape index (κ2) is 10.6. The van der Waals surface area contributed by atoms with Crippen LogP contribution in [-0.2, 0) is 31.4 Å². The molecule has 9 nitrogen and oxygen atoms in total. The maximum Gasteiger partial charge on any atom is 0.418 e. The SMILES string of the molecule is CNC(=O)c1nn2c(c1Cl)CN(c1nc(OC)nc3c1CSC(c1cc(N)cc(Cl)c1C(F)(F)F)C3)CCC2. The molecule has 0 saturated carbocycles. The van der Waals surface area contributed by atoms with Gasteiger partial charge in [0.25, 0.3) is 5.91 Å². The molecule has 39 heavy (non-hydrogen) atoms. The summed E-state index contributed by atoms with van der Waals surface area (Å²) >= 11 is 13.9. The number of amides is 1. The van der Waals surface area contributed by atoms with Crippen molar-refractivity contribution in [2.45, 2.75) is 43.1 Å². The first kappa shape index (κ1) is 27.7. The van der Waals surface area contributed by atoms with Gasteiger partial charge in [-0.3, -0.25) is 9.48 Å². The Bertz CT molecular complexity index is 1450. The van der Waals surface area contributed by atoms with Crippen LogP contribution in [0.1, 0.15) is 50.2 Å². The average Bonchev–Trinajstić information content (AvgIpc) is 3.06. The number of hydrogen-bond donors (Lipinski definition) is 2. The Morgan fingerprint density at radius 2 is 2.03 bits per heavy atom. The van der Waals surface area contributed by atoms with Gasteiger partial charge < -0.3 is 20.7 Å². The van der Waals surface area contributed by atoms with Crippen molar-refractivity contribution in [1.29, 1.82) is 0 Å². The monoisotopic (exact) mass is 601 g/mol. The zero-order valence-electron chi connectivity index (χ0n) is 20.9. The molecule has 2 aromatic heterocycles. The van der Waals surface area contributed by atoms with E-state index in [1.807, 2.05) is 4.90 Å². The fourth-order valence-electron chi connectivity index (χ4n) is 4.91. The van der Waals surface area contributed by atoms with Crippen LogP contribution in [0.5, 0.6) is 6.01 Å². The van der Waals surface area contributed by atoms with E-state index in [0.29, 0.717) is 49.0 Å². The molecule has 3 N–H and O–H groups in total. The highest BCUT2D eigenvalue weighted by Gasteiger charge is 2.40. The molecule has 4 heterocycles. The molecule has 1 aromatic carbocycles. The molecule has 0 fully saturated rings. The molecule has 0 aliphatic carbocycles. The first-order valence-electron chi connectivity index (χ1n) is 12.0. The van der Waals surface area contributed by atoms with Crippen LogP contribution in [0.4, 0.5) is 24.7 Å². The number of nitrogen functional groups attached to an aromatic ring is 1.